The van der Waals surface area contributed by atoms with Crippen molar-refractivity contribution in [1.82, 2.24) is 9.47 Å². The van der Waals surface area contributed by atoms with Crippen LogP contribution in [0.15, 0.2) is 18.2 Å². The first-order valence-corrected chi connectivity index (χ1v) is 9.79. The van der Waals surface area contributed by atoms with Crippen LogP contribution < -0.4 is 0 Å². The molecular weight excluding hydrogens is 344 g/mol. The molecule has 1 aliphatic carbocycles. The van der Waals surface area contributed by atoms with Crippen LogP contribution in [-0.4, -0.2) is 46.3 Å². The number of carbonyl (C=O) groups is 3. The van der Waals surface area contributed by atoms with E-state index in [1.54, 1.807) is 0 Å². The normalized spacial score (nSPS) is 27.5. The number of carbonyl (C=O) groups excluding carboxylic acids is 3. The minimum Gasteiger partial charge on any atom is -0.376 e. The molecule has 0 N–H and O–H groups in total. The lowest BCUT2D eigenvalue weighted by Crippen LogP contribution is -2.36. The van der Waals surface area contributed by atoms with Crippen molar-refractivity contribution < 1.29 is 19.1 Å². The molecule has 0 spiro atoms. The molecule has 3 aliphatic rings. The molecular formula is C21H26N2O4. The lowest BCUT2D eigenvalue weighted by atomic mass is 9.85. The van der Waals surface area contributed by atoms with Gasteiger partial charge in [-0.3, -0.25) is 19.3 Å². The molecule has 6 heteroatoms. The van der Waals surface area contributed by atoms with Crippen molar-refractivity contribution in [2.75, 3.05) is 13.2 Å². The number of fused-ring (bicyclic) bond motifs is 1. The van der Waals surface area contributed by atoms with Gasteiger partial charge < -0.3 is 9.30 Å². The average Bonchev–Trinajstić information content (AvgIpc) is 3.34. The number of likely N-dealkylation sites (tertiary alicyclic amines) is 1. The molecule has 2 amide bonds. The number of Topliss-reactive ketones (excluding diaryl/α,β-unsaturated/α-hetero) is 1. The summed E-state index contributed by atoms with van der Waals surface area (Å²) in [5, 5.41) is 0. The van der Waals surface area contributed by atoms with E-state index in [-0.39, 0.29) is 42.1 Å². The molecule has 144 valence electrons. The minimum absolute atomic E-state index is 0.158. The van der Waals surface area contributed by atoms with E-state index < -0.39 is 0 Å². The standard InChI is InChI=1S/C21H26N2O4/c1-13-10-18(14(2)22(13)11-15-6-5-9-27-15)19(24)12-23-20(25)16-7-3-4-8-17(16)21(23)26/h3-4,10,15-17H,5-9,11-12H2,1-2H3. The Balaban J connectivity index is 1.50. The fourth-order valence-electron chi connectivity index (χ4n) is 4.61. The average molecular weight is 370 g/mol. The van der Waals surface area contributed by atoms with Crippen molar-refractivity contribution in [3.8, 4) is 0 Å². The van der Waals surface area contributed by atoms with Crippen molar-refractivity contribution in [2.24, 2.45) is 11.8 Å². The van der Waals surface area contributed by atoms with E-state index in [1.165, 1.54) is 4.90 Å². The first kappa shape index (κ1) is 18.2. The van der Waals surface area contributed by atoms with E-state index in [0.717, 1.165) is 37.4 Å². The Morgan fingerprint density at radius 1 is 1.15 bits per heavy atom. The molecule has 1 aromatic heterocycles. The monoisotopic (exact) mass is 370 g/mol. The summed E-state index contributed by atoms with van der Waals surface area (Å²) in [4.78, 5) is 39.3. The van der Waals surface area contributed by atoms with Gasteiger partial charge in [-0.2, -0.15) is 0 Å². The number of rotatable bonds is 5. The summed E-state index contributed by atoms with van der Waals surface area (Å²) in [6.07, 6.45) is 7.40. The topological polar surface area (TPSA) is 68.6 Å². The smallest absolute Gasteiger partial charge is 0.233 e. The summed E-state index contributed by atoms with van der Waals surface area (Å²) in [6, 6.07) is 1.87. The third-order valence-electron chi connectivity index (χ3n) is 6.18. The Morgan fingerprint density at radius 2 is 1.81 bits per heavy atom. The number of hydrogen-bond donors (Lipinski definition) is 0. The number of aryl methyl sites for hydroxylation is 1. The SMILES string of the molecule is Cc1cc(C(=O)CN2C(=O)C3CC=CCC3C2=O)c(C)n1CC1CCCO1. The van der Waals surface area contributed by atoms with Crippen molar-refractivity contribution in [2.45, 2.75) is 52.2 Å². The van der Waals surface area contributed by atoms with Gasteiger partial charge in [0.05, 0.1) is 24.5 Å². The van der Waals surface area contributed by atoms with Crippen LogP contribution in [-0.2, 0) is 20.9 Å². The number of ketones is 1. The molecule has 1 aromatic rings. The molecule has 0 radical (unpaired) electrons. The zero-order valence-electron chi connectivity index (χ0n) is 15.9. The summed E-state index contributed by atoms with van der Waals surface area (Å²) >= 11 is 0. The molecule has 2 saturated heterocycles. The molecule has 2 fully saturated rings. The van der Waals surface area contributed by atoms with Crippen molar-refractivity contribution in [3.63, 3.8) is 0 Å². The summed E-state index contributed by atoms with van der Waals surface area (Å²) in [5.41, 5.74) is 2.48. The number of nitrogens with zero attached hydrogens (tertiary/aromatic N) is 2. The molecule has 3 heterocycles. The van der Waals surface area contributed by atoms with Crippen LogP contribution in [0.3, 0.4) is 0 Å². The van der Waals surface area contributed by atoms with Gasteiger partial charge in [-0.25, -0.2) is 0 Å². The van der Waals surface area contributed by atoms with Gasteiger partial charge >= 0.3 is 0 Å². The Morgan fingerprint density at radius 3 is 2.41 bits per heavy atom. The number of hydrogen-bond acceptors (Lipinski definition) is 4. The Labute approximate surface area is 159 Å². The zero-order chi connectivity index (χ0) is 19.1. The Bertz CT molecular complexity index is 790. The van der Waals surface area contributed by atoms with Gasteiger partial charge in [0.2, 0.25) is 11.8 Å². The van der Waals surface area contributed by atoms with Gasteiger partial charge in [-0.1, -0.05) is 12.2 Å². The van der Waals surface area contributed by atoms with Crippen molar-refractivity contribution in [3.05, 3.63) is 35.2 Å². The van der Waals surface area contributed by atoms with Crippen molar-refractivity contribution in [1.29, 1.82) is 0 Å². The second-order valence-corrected chi connectivity index (χ2v) is 7.87. The summed E-state index contributed by atoms with van der Waals surface area (Å²) in [5.74, 6) is -1.15. The highest BCUT2D eigenvalue weighted by Crippen LogP contribution is 2.35. The number of ether oxygens (including phenoxy) is 1. The van der Waals surface area contributed by atoms with Crippen molar-refractivity contribution >= 4 is 17.6 Å². The van der Waals surface area contributed by atoms with Crippen LogP contribution >= 0.6 is 0 Å². The lowest BCUT2D eigenvalue weighted by Gasteiger charge is -2.16. The van der Waals surface area contributed by atoms with Gasteiger partial charge in [-0.15, -0.1) is 0 Å². The van der Waals surface area contributed by atoms with Crippen LogP contribution in [0.2, 0.25) is 0 Å². The Kier molecular flexibility index (Phi) is 4.76. The van der Waals surface area contributed by atoms with E-state index in [9.17, 15) is 14.4 Å². The zero-order valence-corrected chi connectivity index (χ0v) is 15.9. The van der Waals surface area contributed by atoms with Gasteiger partial charge in [-0.05, 0) is 45.6 Å². The second-order valence-electron chi connectivity index (χ2n) is 7.87. The second kappa shape index (κ2) is 7.08. The van der Waals surface area contributed by atoms with Crippen LogP contribution in [0.4, 0.5) is 0 Å². The molecule has 0 bridgehead atoms. The van der Waals surface area contributed by atoms with Gasteiger partial charge in [0, 0.05) is 30.1 Å². The largest absolute Gasteiger partial charge is 0.376 e. The molecule has 6 nitrogen and oxygen atoms in total. The predicted molar refractivity (Wildman–Crippen MR) is 99.3 cm³/mol. The van der Waals surface area contributed by atoms with Gasteiger partial charge in [0.15, 0.2) is 5.78 Å². The molecule has 2 aliphatic heterocycles. The molecule has 0 aromatic carbocycles. The quantitative estimate of drug-likeness (QED) is 0.453. The molecule has 3 unspecified atom stereocenters. The number of imide groups is 1. The van der Waals surface area contributed by atoms with E-state index in [1.807, 2.05) is 32.1 Å². The molecule has 4 rings (SSSR count). The highest BCUT2D eigenvalue weighted by atomic mass is 16.5. The van der Waals surface area contributed by atoms with Gasteiger partial charge in [0.1, 0.15) is 0 Å². The first-order chi connectivity index (χ1) is 13.0. The molecule has 27 heavy (non-hydrogen) atoms. The van der Waals surface area contributed by atoms with E-state index in [2.05, 4.69) is 4.57 Å². The van der Waals surface area contributed by atoms with Crippen LogP contribution in [0.1, 0.15) is 47.4 Å². The highest BCUT2D eigenvalue weighted by molar-refractivity contribution is 6.10. The summed E-state index contributed by atoms with van der Waals surface area (Å²) < 4.78 is 7.83. The lowest BCUT2D eigenvalue weighted by molar-refractivity contribution is -0.139. The van der Waals surface area contributed by atoms with Crippen LogP contribution in [0.25, 0.3) is 0 Å². The first-order valence-electron chi connectivity index (χ1n) is 9.79. The summed E-state index contributed by atoms with van der Waals surface area (Å²) in [7, 11) is 0. The third kappa shape index (κ3) is 3.16. The van der Waals surface area contributed by atoms with Gasteiger partial charge in [0.25, 0.3) is 0 Å². The molecule has 3 atom stereocenters. The Hall–Kier alpha value is -2.21. The highest BCUT2D eigenvalue weighted by Gasteiger charge is 2.47. The minimum atomic E-state index is -0.290. The van der Waals surface area contributed by atoms with Crippen LogP contribution in [0.5, 0.6) is 0 Å². The number of amides is 2. The van der Waals surface area contributed by atoms with E-state index in [0.29, 0.717) is 18.4 Å². The summed E-state index contributed by atoms with van der Waals surface area (Å²) in [6.45, 7) is 5.28. The van der Waals surface area contributed by atoms with E-state index in [4.69, 9.17) is 4.74 Å². The maximum atomic E-state index is 12.9. The maximum Gasteiger partial charge on any atom is 0.233 e. The predicted octanol–water partition coefficient (Wildman–Crippen LogP) is 2.42. The number of aromatic nitrogens is 1. The third-order valence-corrected chi connectivity index (χ3v) is 6.18. The molecule has 0 saturated carbocycles. The maximum absolute atomic E-state index is 12.9. The fraction of sp³-hybridized carbons (Fsp3) is 0.571. The van der Waals surface area contributed by atoms with E-state index >= 15 is 0 Å². The fourth-order valence-corrected chi connectivity index (χ4v) is 4.61. The van der Waals surface area contributed by atoms with Crippen LogP contribution in [0, 0.1) is 25.7 Å². The number of allylic oxidation sites excluding steroid dienone is 2.